The van der Waals surface area contributed by atoms with Gasteiger partial charge in [0.25, 0.3) is 5.91 Å². The van der Waals surface area contributed by atoms with E-state index in [1.807, 2.05) is 18.2 Å². The number of hydrogen-bond acceptors (Lipinski definition) is 5. The van der Waals surface area contributed by atoms with Gasteiger partial charge in [-0.2, -0.15) is 0 Å². The first-order valence-corrected chi connectivity index (χ1v) is 9.25. The normalized spacial score (nSPS) is 28.0. The van der Waals surface area contributed by atoms with Crippen LogP contribution in [-0.2, 0) is 22.7 Å². The van der Waals surface area contributed by atoms with Crippen molar-refractivity contribution in [3.05, 3.63) is 34.9 Å². The Morgan fingerprint density at radius 2 is 2.04 bits per heavy atom. The Labute approximate surface area is 152 Å². The minimum atomic E-state index is -0.561. The van der Waals surface area contributed by atoms with E-state index in [0.29, 0.717) is 30.5 Å². The SMILES string of the molecule is N[C@@H]1CC[C@@H]1CNCc1ccc2c(c1)CN(C1CCC(=O)NC1=O)C2=O. The van der Waals surface area contributed by atoms with Crippen LogP contribution in [0.1, 0.15) is 47.2 Å². The summed E-state index contributed by atoms with van der Waals surface area (Å²) >= 11 is 0. The summed E-state index contributed by atoms with van der Waals surface area (Å²) in [4.78, 5) is 37.6. The van der Waals surface area contributed by atoms with Gasteiger partial charge >= 0.3 is 0 Å². The smallest absolute Gasteiger partial charge is 0.255 e. The number of imide groups is 1. The molecule has 138 valence electrons. The van der Waals surface area contributed by atoms with Crippen LogP contribution >= 0.6 is 0 Å². The van der Waals surface area contributed by atoms with E-state index >= 15 is 0 Å². The van der Waals surface area contributed by atoms with Gasteiger partial charge in [0.2, 0.25) is 11.8 Å². The minimum Gasteiger partial charge on any atom is -0.327 e. The summed E-state index contributed by atoms with van der Waals surface area (Å²) in [5.74, 6) is -0.209. The summed E-state index contributed by atoms with van der Waals surface area (Å²) in [6.45, 7) is 2.07. The second-order valence-electron chi connectivity index (χ2n) is 7.52. The van der Waals surface area contributed by atoms with E-state index in [-0.39, 0.29) is 24.1 Å². The average molecular weight is 356 g/mol. The van der Waals surface area contributed by atoms with E-state index in [2.05, 4.69) is 10.6 Å². The lowest BCUT2D eigenvalue weighted by Crippen LogP contribution is -2.52. The fourth-order valence-corrected chi connectivity index (χ4v) is 3.99. The zero-order valence-electron chi connectivity index (χ0n) is 14.7. The first-order valence-electron chi connectivity index (χ1n) is 9.25. The maximum Gasteiger partial charge on any atom is 0.255 e. The molecule has 2 heterocycles. The molecule has 4 rings (SSSR count). The summed E-state index contributed by atoms with van der Waals surface area (Å²) in [6.07, 6.45) is 2.96. The molecule has 0 aromatic heterocycles. The first kappa shape index (κ1) is 17.2. The molecular weight excluding hydrogens is 332 g/mol. The molecule has 4 N–H and O–H groups in total. The fourth-order valence-electron chi connectivity index (χ4n) is 3.99. The molecule has 1 aromatic carbocycles. The van der Waals surface area contributed by atoms with Crippen molar-refractivity contribution in [3.8, 4) is 0 Å². The second kappa shape index (κ2) is 6.81. The number of nitrogens with zero attached hydrogens (tertiary/aromatic N) is 1. The van der Waals surface area contributed by atoms with Crippen LogP contribution < -0.4 is 16.4 Å². The van der Waals surface area contributed by atoms with Crippen LogP contribution in [0, 0.1) is 5.92 Å². The maximum absolute atomic E-state index is 12.7. The summed E-state index contributed by atoms with van der Waals surface area (Å²) < 4.78 is 0. The van der Waals surface area contributed by atoms with Gasteiger partial charge in [-0.1, -0.05) is 12.1 Å². The second-order valence-corrected chi connectivity index (χ2v) is 7.52. The largest absolute Gasteiger partial charge is 0.327 e. The quantitative estimate of drug-likeness (QED) is 0.657. The van der Waals surface area contributed by atoms with Crippen molar-refractivity contribution in [3.63, 3.8) is 0 Å². The van der Waals surface area contributed by atoms with Gasteiger partial charge in [0.1, 0.15) is 6.04 Å². The molecule has 0 bridgehead atoms. The Hall–Kier alpha value is -2.25. The van der Waals surface area contributed by atoms with E-state index in [1.54, 1.807) is 4.90 Å². The van der Waals surface area contributed by atoms with Crippen LogP contribution in [0.15, 0.2) is 18.2 Å². The van der Waals surface area contributed by atoms with Crippen molar-refractivity contribution < 1.29 is 14.4 Å². The maximum atomic E-state index is 12.7. The molecule has 0 spiro atoms. The number of nitrogens with one attached hydrogen (secondary N) is 2. The summed E-state index contributed by atoms with van der Waals surface area (Å²) in [7, 11) is 0. The van der Waals surface area contributed by atoms with Gasteiger partial charge < -0.3 is 16.0 Å². The highest BCUT2D eigenvalue weighted by Gasteiger charge is 2.39. The molecule has 0 radical (unpaired) electrons. The molecule has 1 aliphatic carbocycles. The third-order valence-corrected chi connectivity index (χ3v) is 5.80. The number of piperidine rings is 1. The van der Waals surface area contributed by atoms with Crippen LogP contribution in [0.4, 0.5) is 0 Å². The Kier molecular flexibility index (Phi) is 4.50. The van der Waals surface area contributed by atoms with Gasteiger partial charge in [0.05, 0.1) is 0 Å². The van der Waals surface area contributed by atoms with Gasteiger partial charge in [-0.05, 0) is 48.9 Å². The molecule has 1 saturated heterocycles. The summed E-state index contributed by atoms with van der Waals surface area (Å²) in [5.41, 5.74) is 8.68. The van der Waals surface area contributed by atoms with Crippen LogP contribution in [-0.4, -0.2) is 41.2 Å². The molecule has 1 unspecified atom stereocenters. The minimum absolute atomic E-state index is 0.130. The number of fused-ring (bicyclic) bond motifs is 1. The number of amides is 3. The van der Waals surface area contributed by atoms with Gasteiger partial charge in [-0.3, -0.25) is 19.7 Å². The number of carbonyl (C=O) groups is 3. The fraction of sp³-hybridized carbons (Fsp3) is 0.526. The van der Waals surface area contributed by atoms with E-state index in [9.17, 15) is 14.4 Å². The molecule has 3 amide bonds. The Bertz CT molecular complexity index is 763. The predicted molar refractivity (Wildman–Crippen MR) is 94.9 cm³/mol. The van der Waals surface area contributed by atoms with Gasteiger partial charge in [0, 0.05) is 31.1 Å². The molecule has 26 heavy (non-hydrogen) atoms. The first-order chi connectivity index (χ1) is 12.5. The van der Waals surface area contributed by atoms with Crippen LogP contribution in [0.25, 0.3) is 0 Å². The van der Waals surface area contributed by atoms with Gasteiger partial charge in [0.15, 0.2) is 0 Å². The number of nitrogens with two attached hydrogens (primary N) is 1. The predicted octanol–water partition coefficient (Wildman–Crippen LogP) is 0.274. The van der Waals surface area contributed by atoms with E-state index < -0.39 is 6.04 Å². The highest BCUT2D eigenvalue weighted by molar-refractivity contribution is 6.05. The van der Waals surface area contributed by atoms with Crippen molar-refractivity contribution in [2.75, 3.05) is 6.54 Å². The Balaban J connectivity index is 1.40. The molecule has 3 aliphatic rings. The molecule has 3 atom stereocenters. The van der Waals surface area contributed by atoms with Crippen molar-refractivity contribution >= 4 is 17.7 Å². The lowest BCUT2D eigenvalue weighted by molar-refractivity contribution is -0.136. The summed E-state index contributed by atoms with van der Waals surface area (Å²) in [5, 5.41) is 5.77. The zero-order valence-corrected chi connectivity index (χ0v) is 14.7. The van der Waals surface area contributed by atoms with Crippen molar-refractivity contribution in [2.24, 2.45) is 11.7 Å². The zero-order chi connectivity index (χ0) is 18.3. The number of hydrogen-bond donors (Lipinski definition) is 3. The van der Waals surface area contributed by atoms with E-state index in [1.165, 1.54) is 6.42 Å². The molecule has 1 aromatic rings. The van der Waals surface area contributed by atoms with Crippen molar-refractivity contribution in [1.29, 1.82) is 0 Å². The van der Waals surface area contributed by atoms with Gasteiger partial charge in [-0.25, -0.2) is 0 Å². The topological polar surface area (TPSA) is 105 Å². The van der Waals surface area contributed by atoms with Crippen molar-refractivity contribution in [2.45, 2.75) is 50.9 Å². The number of benzene rings is 1. The molecule has 1 saturated carbocycles. The third kappa shape index (κ3) is 3.12. The molecular formula is C19H24N4O3. The van der Waals surface area contributed by atoms with Crippen molar-refractivity contribution in [1.82, 2.24) is 15.5 Å². The highest BCUT2D eigenvalue weighted by Crippen LogP contribution is 2.28. The van der Waals surface area contributed by atoms with Gasteiger partial charge in [-0.15, -0.1) is 0 Å². The monoisotopic (exact) mass is 356 g/mol. The highest BCUT2D eigenvalue weighted by atomic mass is 16.2. The standard InChI is InChI=1S/C19H24N4O3/c20-15-4-2-12(15)9-21-8-11-1-3-14-13(7-11)10-23(19(14)26)16-5-6-17(24)22-18(16)25/h1,3,7,12,15-16,21H,2,4-6,8-10,20H2,(H,22,24,25)/t12-,15-,16?/m1/s1. The molecule has 7 heteroatoms. The number of carbonyl (C=O) groups excluding carboxylic acids is 3. The third-order valence-electron chi connectivity index (χ3n) is 5.80. The van der Waals surface area contributed by atoms with Crippen LogP contribution in [0.3, 0.4) is 0 Å². The summed E-state index contributed by atoms with van der Waals surface area (Å²) in [6, 6.07) is 5.59. The molecule has 2 aliphatic heterocycles. The lowest BCUT2D eigenvalue weighted by atomic mass is 9.80. The Morgan fingerprint density at radius 3 is 2.73 bits per heavy atom. The molecule has 7 nitrogen and oxygen atoms in total. The van der Waals surface area contributed by atoms with E-state index in [0.717, 1.165) is 30.6 Å². The number of rotatable bonds is 5. The van der Waals surface area contributed by atoms with Crippen LogP contribution in [0.5, 0.6) is 0 Å². The van der Waals surface area contributed by atoms with Crippen LogP contribution in [0.2, 0.25) is 0 Å². The Morgan fingerprint density at radius 1 is 1.19 bits per heavy atom. The average Bonchev–Trinajstić information content (AvgIpc) is 2.93. The molecule has 2 fully saturated rings. The van der Waals surface area contributed by atoms with E-state index in [4.69, 9.17) is 5.73 Å². The lowest BCUT2D eigenvalue weighted by Gasteiger charge is -2.33.